The smallest absolute Gasteiger partial charge is 0.214 e. The van der Waals surface area contributed by atoms with Crippen LogP contribution in [-0.2, 0) is 0 Å². The van der Waals surface area contributed by atoms with Gasteiger partial charge in [-0.2, -0.15) is 4.39 Å². The van der Waals surface area contributed by atoms with Crippen molar-refractivity contribution in [3.63, 3.8) is 0 Å². The van der Waals surface area contributed by atoms with Gasteiger partial charge in [-0.3, -0.25) is 0 Å². The fourth-order valence-electron chi connectivity index (χ4n) is 1.60. The minimum absolute atomic E-state index is 0.485. The van der Waals surface area contributed by atoms with Gasteiger partial charge >= 0.3 is 0 Å². The molecule has 0 spiro atoms. The number of anilines is 1. The van der Waals surface area contributed by atoms with Gasteiger partial charge in [0, 0.05) is 24.9 Å². The van der Waals surface area contributed by atoms with Crippen molar-refractivity contribution < 1.29 is 4.39 Å². The summed E-state index contributed by atoms with van der Waals surface area (Å²) in [6.07, 6.45) is 3.19. The van der Waals surface area contributed by atoms with Gasteiger partial charge in [-0.1, -0.05) is 0 Å². The molecule has 0 aromatic carbocycles. The van der Waals surface area contributed by atoms with Crippen LogP contribution in [0.25, 0.3) is 20.8 Å². The van der Waals surface area contributed by atoms with E-state index in [0.717, 1.165) is 21.1 Å². The molecule has 4 nitrogen and oxygen atoms in total. The molecule has 3 aromatic heterocycles. The highest BCUT2D eigenvalue weighted by atomic mass is 32.1. The predicted octanol–water partition coefficient (Wildman–Crippen LogP) is 2.93. The minimum Gasteiger partial charge on any atom is -0.373 e. The lowest BCUT2D eigenvalue weighted by molar-refractivity contribution is 0.586. The zero-order chi connectivity index (χ0) is 12.5. The van der Waals surface area contributed by atoms with E-state index in [9.17, 15) is 4.39 Å². The van der Waals surface area contributed by atoms with Crippen LogP contribution in [0.15, 0.2) is 30.6 Å². The standard InChI is InChI=1S/C12H9FN4S/c1-14-11-3-2-7(5-16-11)12-17-8-6-15-10(13)4-9(8)18-12/h2-6H,1H3,(H,14,16). The van der Waals surface area contributed by atoms with Crippen molar-refractivity contribution in [3.8, 4) is 10.6 Å². The normalized spacial score (nSPS) is 10.8. The van der Waals surface area contributed by atoms with Crippen molar-refractivity contribution >= 4 is 27.4 Å². The average molecular weight is 260 g/mol. The second-order valence-electron chi connectivity index (χ2n) is 3.68. The fraction of sp³-hybridized carbons (Fsp3) is 0.0833. The molecule has 0 bridgehead atoms. The third-order valence-corrected chi connectivity index (χ3v) is 3.58. The zero-order valence-electron chi connectivity index (χ0n) is 9.51. The molecule has 0 unspecified atom stereocenters. The first-order chi connectivity index (χ1) is 8.76. The van der Waals surface area contributed by atoms with Gasteiger partial charge in [-0.25, -0.2) is 15.0 Å². The summed E-state index contributed by atoms with van der Waals surface area (Å²) in [4.78, 5) is 12.2. The first-order valence-corrected chi connectivity index (χ1v) is 6.14. The van der Waals surface area contributed by atoms with Crippen LogP contribution in [0.2, 0.25) is 0 Å². The number of halogens is 1. The number of nitrogens with zero attached hydrogens (tertiary/aromatic N) is 3. The van der Waals surface area contributed by atoms with E-state index in [-0.39, 0.29) is 0 Å². The number of hydrogen-bond acceptors (Lipinski definition) is 5. The average Bonchev–Trinajstić information content (AvgIpc) is 2.81. The van der Waals surface area contributed by atoms with Crippen LogP contribution in [0, 0.1) is 5.95 Å². The first kappa shape index (κ1) is 11.0. The van der Waals surface area contributed by atoms with E-state index in [2.05, 4.69) is 20.3 Å². The molecule has 1 N–H and O–H groups in total. The lowest BCUT2D eigenvalue weighted by Crippen LogP contribution is -1.90. The monoisotopic (exact) mass is 260 g/mol. The van der Waals surface area contributed by atoms with E-state index in [4.69, 9.17) is 0 Å². The van der Waals surface area contributed by atoms with Crippen molar-refractivity contribution in [2.24, 2.45) is 0 Å². The third kappa shape index (κ3) is 1.91. The Kier molecular flexibility index (Phi) is 2.64. The molecular formula is C12H9FN4S. The van der Waals surface area contributed by atoms with E-state index < -0.39 is 5.95 Å². The lowest BCUT2D eigenvalue weighted by Gasteiger charge is -1.99. The number of rotatable bonds is 2. The predicted molar refractivity (Wildman–Crippen MR) is 70.2 cm³/mol. The maximum Gasteiger partial charge on any atom is 0.214 e. The number of fused-ring (bicyclic) bond motifs is 1. The Balaban J connectivity index is 2.07. The second-order valence-corrected chi connectivity index (χ2v) is 4.71. The van der Waals surface area contributed by atoms with Crippen LogP contribution in [-0.4, -0.2) is 22.0 Å². The largest absolute Gasteiger partial charge is 0.373 e. The molecule has 3 aromatic rings. The first-order valence-electron chi connectivity index (χ1n) is 5.32. The lowest BCUT2D eigenvalue weighted by atomic mass is 10.3. The molecule has 0 aliphatic rings. The summed E-state index contributed by atoms with van der Waals surface area (Å²) in [6, 6.07) is 5.20. The number of pyridine rings is 2. The summed E-state index contributed by atoms with van der Waals surface area (Å²) in [7, 11) is 1.81. The van der Waals surface area contributed by atoms with Crippen LogP contribution < -0.4 is 5.32 Å². The van der Waals surface area contributed by atoms with Crippen LogP contribution in [0.3, 0.4) is 0 Å². The van der Waals surface area contributed by atoms with Crippen LogP contribution in [0.5, 0.6) is 0 Å². The molecule has 0 radical (unpaired) electrons. The molecule has 0 saturated carbocycles. The Labute approximate surface area is 107 Å². The van der Waals surface area contributed by atoms with E-state index >= 15 is 0 Å². The van der Waals surface area contributed by atoms with Gasteiger partial charge < -0.3 is 5.32 Å². The molecule has 0 fully saturated rings. The van der Waals surface area contributed by atoms with Crippen molar-refractivity contribution in [2.45, 2.75) is 0 Å². The Morgan fingerprint density at radius 3 is 2.83 bits per heavy atom. The van der Waals surface area contributed by atoms with Crippen molar-refractivity contribution in [3.05, 3.63) is 36.5 Å². The second kappa shape index (κ2) is 4.30. The summed E-state index contributed by atoms with van der Waals surface area (Å²) >= 11 is 1.43. The molecule has 0 saturated heterocycles. The fourth-order valence-corrected chi connectivity index (χ4v) is 2.55. The van der Waals surface area contributed by atoms with Crippen LogP contribution in [0.1, 0.15) is 0 Å². The zero-order valence-corrected chi connectivity index (χ0v) is 10.3. The third-order valence-electron chi connectivity index (χ3n) is 2.51. The Hall–Kier alpha value is -2.08. The summed E-state index contributed by atoms with van der Waals surface area (Å²) in [5.41, 5.74) is 1.62. The Bertz CT molecular complexity index is 693. The quantitative estimate of drug-likeness (QED) is 0.720. The molecule has 0 atom stereocenters. The van der Waals surface area contributed by atoms with Gasteiger partial charge in [-0.05, 0) is 12.1 Å². The highest BCUT2D eigenvalue weighted by Crippen LogP contribution is 2.29. The molecule has 0 aliphatic heterocycles. The maximum atomic E-state index is 13.0. The summed E-state index contributed by atoms with van der Waals surface area (Å²) in [6.45, 7) is 0. The van der Waals surface area contributed by atoms with Gasteiger partial charge in [0.1, 0.15) is 16.3 Å². The van der Waals surface area contributed by atoms with Crippen LogP contribution >= 0.6 is 11.3 Å². The Morgan fingerprint density at radius 1 is 1.22 bits per heavy atom. The number of hydrogen-bond donors (Lipinski definition) is 1. The molecule has 0 aliphatic carbocycles. The molecule has 6 heteroatoms. The SMILES string of the molecule is CNc1ccc(-c2nc3cnc(F)cc3s2)cn1. The maximum absolute atomic E-state index is 13.0. The van der Waals surface area contributed by atoms with Gasteiger partial charge in [0.15, 0.2) is 0 Å². The molecule has 0 amide bonds. The van der Waals surface area contributed by atoms with Gasteiger partial charge in [0.05, 0.1) is 10.9 Å². The van der Waals surface area contributed by atoms with Gasteiger partial charge in [0.2, 0.25) is 5.95 Å². The summed E-state index contributed by atoms with van der Waals surface area (Å²) < 4.78 is 13.8. The topological polar surface area (TPSA) is 50.7 Å². The molecule has 18 heavy (non-hydrogen) atoms. The van der Waals surface area contributed by atoms with Crippen molar-refractivity contribution in [2.75, 3.05) is 12.4 Å². The summed E-state index contributed by atoms with van der Waals surface area (Å²) in [5, 5.41) is 3.76. The molecule has 90 valence electrons. The Morgan fingerprint density at radius 2 is 2.11 bits per heavy atom. The highest BCUT2D eigenvalue weighted by molar-refractivity contribution is 7.21. The van der Waals surface area contributed by atoms with Crippen molar-refractivity contribution in [1.82, 2.24) is 15.0 Å². The number of nitrogens with one attached hydrogen (secondary N) is 1. The van der Waals surface area contributed by atoms with E-state index in [1.807, 2.05) is 19.2 Å². The molecular weight excluding hydrogens is 251 g/mol. The highest BCUT2D eigenvalue weighted by Gasteiger charge is 2.08. The number of aromatic nitrogens is 3. The van der Waals surface area contributed by atoms with E-state index in [0.29, 0.717) is 5.52 Å². The van der Waals surface area contributed by atoms with Crippen LogP contribution in [0.4, 0.5) is 10.2 Å². The van der Waals surface area contributed by atoms with Gasteiger partial charge in [-0.15, -0.1) is 11.3 Å². The molecule has 3 rings (SSSR count). The minimum atomic E-state index is -0.485. The summed E-state index contributed by atoms with van der Waals surface area (Å²) in [5.74, 6) is 0.314. The number of thiazole rings is 1. The molecule has 3 heterocycles. The van der Waals surface area contributed by atoms with Gasteiger partial charge in [0.25, 0.3) is 0 Å². The van der Waals surface area contributed by atoms with E-state index in [1.165, 1.54) is 23.6 Å². The van der Waals surface area contributed by atoms with Crippen molar-refractivity contribution in [1.29, 1.82) is 0 Å². The van der Waals surface area contributed by atoms with E-state index in [1.54, 1.807) is 6.20 Å².